The lowest BCUT2D eigenvalue weighted by Crippen LogP contribution is -2.37. The first-order chi connectivity index (χ1) is 8.83. The Morgan fingerprint density at radius 1 is 1.06 bits per heavy atom. The molecule has 0 fully saturated rings. The van der Waals surface area contributed by atoms with Crippen LogP contribution in [0.25, 0.3) is 5.52 Å². The molecule has 2 heterocycles. The van der Waals surface area contributed by atoms with Crippen LogP contribution in [0.3, 0.4) is 0 Å². The molecule has 0 N–H and O–H groups in total. The third kappa shape index (κ3) is 2.02. The second-order valence-electron chi connectivity index (χ2n) is 4.23. The number of fused-ring (bicyclic) bond motifs is 1. The van der Waals surface area contributed by atoms with Crippen LogP contribution in [-0.2, 0) is 6.54 Å². The lowest BCUT2D eigenvalue weighted by Gasteiger charge is -1.98. The molecule has 0 saturated carbocycles. The van der Waals surface area contributed by atoms with Crippen LogP contribution in [-0.4, -0.2) is 10.2 Å². The van der Waals surface area contributed by atoms with Gasteiger partial charge in [0.05, 0.1) is 6.20 Å². The zero-order chi connectivity index (χ0) is 12.4. The molecule has 0 amide bonds. The van der Waals surface area contributed by atoms with Crippen molar-refractivity contribution in [1.29, 1.82) is 0 Å². The first-order valence-electron chi connectivity index (χ1n) is 5.87. The Balaban J connectivity index is 1.86. The van der Waals surface area contributed by atoms with Crippen molar-refractivity contribution in [2.24, 2.45) is 0 Å². The van der Waals surface area contributed by atoms with E-state index in [4.69, 9.17) is 0 Å². The largest absolute Gasteiger partial charge is 0.313 e. The normalized spacial score (nSPS) is 10.7. The number of Topliss-reactive ketones (excluding diaryl/α,β-unsaturated/α-hetero) is 1. The Bertz CT molecular complexity index is 686. The molecule has 3 rings (SSSR count). The highest BCUT2D eigenvalue weighted by molar-refractivity contribution is 5.94. The number of carbonyl (C=O) groups excluding carboxylic acids is 1. The molecule has 2 aromatic heterocycles. The zero-order valence-electron chi connectivity index (χ0n) is 9.86. The molecule has 0 bridgehead atoms. The highest BCUT2D eigenvalue weighted by Gasteiger charge is 2.11. The minimum atomic E-state index is 0.122. The van der Waals surface area contributed by atoms with Gasteiger partial charge in [-0.2, -0.15) is 4.57 Å². The number of nitrogens with zero attached hydrogens (tertiary/aromatic N) is 2. The van der Waals surface area contributed by atoms with E-state index in [-0.39, 0.29) is 5.78 Å². The Morgan fingerprint density at radius 2 is 1.89 bits per heavy atom. The summed E-state index contributed by atoms with van der Waals surface area (Å²) in [6, 6.07) is 13.4. The van der Waals surface area contributed by atoms with Gasteiger partial charge in [0.1, 0.15) is 5.52 Å². The molecule has 3 heteroatoms. The highest BCUT2D eigenvalue weighted by atomic mass is 16.1. The molecular weight excluding hydrogens is 224 g/mol. The van der Waals surface area contributed by atoms with E-state index in [9.17, 15) is 4.79 Å². The Kier molecular flexibility index (Phi) is 2.65. The summed E-state index contributed by atoms with van der Waals surface area (Å²) in [6.45, 7) is 0.367. The number of carbonyl (C=O) groups is 1. The molecule has 0 saturated heterocycles. The minimum Gasteiger partial charge on any atom is -0.313 e. The van der Waals surface area contributed by atoms with Crippen LogP contribution in [0.4, 0.5) is 0 Å². The number of benzene rings is 1. The third-order valence-electron chi connectivity index (χ3n) is 2.95. The molecule has 0 aliphatic rings. The van der Waals surface area contributed by atoms with E-state index < -0.39 is 0 Å². The van der Waals surface area contributed by atoms with Crippen LogP contribution in [0.1, 0.15) is 10.4 Å². The van der Waals surface area contributed by atoms with Crippen LogP contribution >= 0.6 is 0 Å². The standard InChI is InChI=1S/C15H13N2O/c18-15(13-5-2-1-3-6-13)12-16-9-10-17-8-4-7-14(17)11-16/h1-11H,12H2/q+1. The van der Waals surface area contributed by atoms with E-state index >= 15 is 0 Å². The number of hydrogen-bond acceptors (Lipinski definition) is 1. The summed E-state index contributed by atoms with van der Waals surface area (Å²) in [5, 5.41) is 0. The maximum Gasteiger partial charge on any atom is 0.227 e. The summed E-state index contributed by atoms with van der Waals surface area (Å²) >= 11 is 0. The Hall–Kier alpha value is -2.42. The molecule has 0 spiro atoms. The van der Waals surface area contributed by atoms with E-state index in [0.29, 0.717) is 6.54 Å². The molecule has 3 nitrogen and oxygen atoms in total. The molecule has 0 aliphatic carbocycles. The average molecular weight is 237 g/mol. The second-order valence-corrected chi connectivity index (χ2v) is 4.23. The fourth-order valence-electron chi connectivity index (χ4n) is 2.00. The maximum atomic E-state index is 12.1. The monoisotopic (exact) mass is 237 g/mol. The fraction of sp³-hybridized carbons (Fsp3) is 0.0667. The quantitative estimate of drug-likeness (QED) is 0.506. The summed E-state index contributed by atoms with van der Waals surface area (Å²) in [6.07, 6.45) is 7.82. The van der Waals surface area contributed by atoms with E-state index in [1.165, 1.54) is 0 Å². The van der Waals surface area contributed by atoms with Gasteiger partial charge in [0.2, 0.25) is 12.3 Å². The van der Waals surface area contributed by atoms with Gasteiger partial charge in [0.25, 0.3) is 0 Å². The summed E-state index contributed by atoms with van der Waals surface area (Å²) in [5.41, 5.74) is 1.83. The lowest BCUT2D eigenvalue weighted by molar-refractivity contribution is -0.682. The molecule has 88 valence electrons. The van der Waals surface area contributed by atoms with Crippen molar-refractivity contribution >= 4 is 11.3 Å². The molecular formula is C15H13N2O+. The Labute approximate surface area is 105 Å². The summed E-state index contributed by atoms with van der Waals surface area (Å²) in [4.78, 5) is 12.1. The first kappa shape index (κ1) is 10.7. The van der Waals surface area contributed by atoms with Gasteiger partial charge in [-0.1, -0.05) is 30.3 Å². The molecule has 1 aromatic carbocycles. The van der Waals surface area contributed by atoms with Gasteiger partial charge >= 0.3 is 0 Å². The summed E-state index contributed by atoms with van der Waals surface area (Å²) < 4.78 is 3.92. The fourth-order valence-corrected chi connectivity index (χ4v) is 2.00. The van der Waals surface area contributed by atoms with Crippen molar-refractivity contribution in [2.45, 2.75) is 6.54 Å². The number of rotatable bonds is 3. The molecule has 0 aliphatic heterocycles. The van der Waals surface area contributed by atoms with Crippen molar-refractivity contribution in [2.75, 3.05) is 0 Å². The minimum absolute atomic E-state index is 0.122. The number of aromatic nitrogens is 2. The predicted octanol–water partition coefficient (Wildman–Crippen LogP) is 2.11. The van der Waals surface area contributed by atoms with E-state index in [1.54, 1.807) is 0 Å². The van der Waals surface area contributed by atoms with E-state index in [1.807, 2.05) is 76.2 Å². The average Bonchev–Trinajstić information content (AvgIpc) is 2.87. The molecule has 0 atom stereocenters. The van der Waals surface area contributed by atoms with Crippen LogP contribution in [0.5, 0.6) is 0 Å². The molecule has 3 aromatic rings. The van der Waals surface area contributed by atoms with Crippen molar-refractivity contribution in [3.05, 3.63) is 72.8 Å². The molecule has 0 radical (unpaired) electrons. The maximum absolute atomic E-state index is 12.1. The van der Waals surface area contributed by atoms with Crippen LogP contribution in [0.2, 0.25) is 0 Å². The predicted molar refractivity (Wildman–Crippen MR) is 68.4 cm³/mol. The topological polar surface area (TPSA) is 25.4 Å². The van der Waals surface area contributed by atoms with Gasteiger partial charge in [0, 0.05) is 11.8 Å². The van der Waals surface area contributed by atoms with Crippen LogP contribution in [0, 0.1) is 0 Å². The van der Waals surface area contributed by atoms with Crippen LogP contribution < -0.4 is 4.57 Å². The van der Waals surface area contributed by atoms with Crippen molar-refractivity contribution in [3.8, 4) is 0 Å². The smallest absolute Gasteiger partial charge is 0.227 e. The summed E-state index contributed by atoms with van der Waals surface area (Å²) in [7, 11) is 0. The first-order valence-corrected chi connectivity index (χ1v) is 5.87. The number of hydrogen-bond donors (Lipinski definition) is 0. The highest BCUT2D eigenvalue weighted by Crippen LogP contribution is 2.02. The van der Waals surface area contributed by atoms with Crippen molar-refractivity contribution in [1.82, 2.24) is 4.40 Å². The number of ketones is 1. The van der Waals surface area contributed by atoms with Crippen LogP contribution in [0.15, 0.2) is 67.3 Å². The van der Waals surface area contributed by atoms with Crippen molar-refractivity contribution in [3.63, 3.8) is 0 Å². The van der Waals surface area contributed by atoms with Gasteiger partial charge in [-0.05, 0) is 12.1 Å². The third-order valence-corrected chi connectivity index (χ3v) is 2.95. The van der Waals surface area contributed by atoms with Gasteiger partial charge in [-0.15, -0.1) is 0 Å². The summed E-state index contributed by atoms with van der Waals surface area (Å²) in [5.74, 6) is 0.122. The second kappa shape index (κ2) is 4.45. The van der Waals surface area contributed by atoms with Gasteiger partial charge in [-0.3, -0.25) is 4.79 Å². The van der Waals surface area contributed by atoms with Gasteiger partial charge < -0.3 is 4.40 Å². The van der Waals surface area contributed by atoms with Gasteiger partial charge in [-0.25, -0.2) is 0 Å². The van der Waals surface area contributed by atoms with Gasteiger partial charge in [0.15, 0.2) is 12.4 Å². The lowest BCUT2D eigenvalue weighted by atomic mass is 10.1. The van der Waals surface area contributed by atoms with E-state index in [0.717, 1.165) is 11.1 Å². The SMILES string of the molecule is O=C(C[n+]1ccn2cccc2c1)c1ccccc1. The molecule has 0 unspecified atom stereocenters. The molecule has 18 heavy (non-hydrogen) atoms. The van der Waals surface area contributed by atoms with E-state index in [2.05, 4.69) is 0 Å². The van der Waals surface area contributed by atoms with Crippen molar-refractivity contribution < 1.29 is 9.36 Å². The Morgan fingerprint density at radius 3 is 2.72 bits per heavy atom. The zero-order valence-corrected chi connectivity index (χ0v) is 9.86.